The van der Waals surface area contributed by atoms with Crippen molar-refractivity contribution in [2.45, 2.75) is 25.9 Å². The van der Waals surface area contributed by atoms with Crippen molar-refractivity contribution >= 4 is 0 Å². The van der Waals surface area contributed by atoms with Crippen LogP contribution >= 0.6 is 0 Å². The lowest BCUT2D eigenvalue weighted by Gasteiger charge is -1.97. The third kappa shape index (κ3) is 5.85. The van der Waals surface area contributed by atoms with Crippen molar-refractivity contribution in [2.75, 3.05) is 27.4 Å². The van der Waals surface area contributed by atoms with E-state index < -0.39 is 0 Å². The first-order valence-corrected chi connectivity index (χ1v) is 5.39. The van der Waals surface area contributed by atoms with Crippen LogP contribution in [0.4, 0.5) is 0 Å². The Kier molecular flexibility index (Phi) is 8.80. The summed E-state index contributed by atoms with van der Waals surface area (Å²) < 4.78 is 14.4. The van der Waals surface area contributed by atoms with Gasteiger partial charge in [-0.05, 0) is 0 Å². The second-order valence-corrected chi connectivity index (χ2v) is 3.58. The molecule has 1 N–H and O–H groups in total. The fourth-order valence-corrected chi connectivity index (χ4v) is 1.49. The SMILES string of the molecule is COCCCn1cc[n+](CCCOC)c1.[OH-]. The van der Waals surface area contributed by atoms with Crippen molar-refractivity contribution in [1.29, 1.82) is 0 Å². The average Bonchev–Trinajstić information content (AvgIpc) is 2.67. The van der Waals surface area contributed by atoms with E-state index >= 15 is 0 Å². The Hall–Kier alpha value is -0.910. The number of hydrogen-bond donors (Lipinski definition) is 0. The average molecular weight is 230 g/mol. The van der Waals surface area contributed by atoms with Gasteiger partial charge in [-0.1, -0.05) is 0 Å². The highest BCUT2D eigenvalue weighted by Crippen LogP contribution is 1.90. The van der Waals surface area contributed by atoms with Gasteiger partial charge >= 0.3 is 0 Å². The lowest BCUT2D eigenvalue weighted by molar-refractivity contribution is -0.697. The molecule has 0 aromatic carbocycles. The Morgan fingerprint density at radius 2 is 1.81 bits per heavy atom. The van der Waals surface area contributed by atoms with E-state index in [9.17, 15) is 0 Å². The molecule has 0 spiro atoms. The fourth-order valence-electron chi connectivity index (χ4n) is 1.49. The molecule has 0 bridgehead atoms. The molecular formula is C11H22N2O3. The van der Waals surface area contributed by atoms with Gasteiger partial charge < -0.3 is 14.9 Å². The molecule has 0 unspecified atom stereocenters. The summed E-state index contributed by atoms with van der Waals surface area (Å²) in [5.74, 6) is 0. The number of nitrogens with zero attached hydrogens (tertiary/aromatic N) is 2. The van der Waals surface area contributed by atoms with Crippen LogP contribution in [0.3, 0.4) is 0 Å². The first-order valence-electron chi connectivity index (χ1n) is 5.39. The fraction of sp³-hybridized carbons (Fsp3) is 0.727. The molecule has 0 radical (unpaired) electrons. The molecule has 0 fully saturated rings. The molecule has 1 heterocycles. The molecule has 0 aliphatic heterocycles. The van der Waals surface area contributed by atoms with E-state index in [0.29, 0.717) is 0 Å². The number of methoxy groups -OCH3 is 2. The van der Waals surface area contributed by atoms with E-state index in [2.05, 4.69) is 27.9 Å². The number of imidazole rings is 1. The van der Waals surface area contributed by atoms with Crippen LogP contribution in [0.1, 0.15) is 12.8 Å². The zero-order chi connectivity index (χ0) is 10.9. The zero-order valence-corrected chi connectivity index (χ0v) is 10.1. The minimum absolute atomic E-state index is 0. The molecule has 5 nitrogen and oxygen atoms in total. The third-order valence-electron chi connectivity index (χ3n) is 2.28. The summed E-state index contributed by atoms with van der Waals surface area (Å²) in [6.07, 6.45) is 8.45. The third-order valence-corrected chi connectivity index (χ3v) is 2.28. The molecule has 0 aliphatic rings. The topological polar surface area (TPSA) is 57.3 Å². The van der Waals surface area contributed by atoms with E-state index in [-0.39, 0.29) is 5.48 Å². The van der Waals surface area contributed by atoms with Gasteiger partial charge in [-0.15, -0.1) is 0 Å². The van der Waals surface area contributed by atoms with Gasteiger partial charge in [0.1, 0.15) is 12.4 Å². The van der Waals surface area contributed by atoms with Gasteiger partial charge in [0.25, 0.3) is 0 Å². The highest BCUT2D eigenvalue weighted by molar-refractivity contribution is 4.65. The van der Waals surface area contributed by atoms with Crippen LogP contribution in [0.25, 0.3) is 0 Å². The first kappa shape index (κ1) is 15.1. The van der Waals surface area contributed by atoms with Crippen molar-refractivity contribution in [1.82, 2.24) is 4.57 Å². The second-order valence-electron chi connectivity index (χ2n) is 3.58. The maximum Gasteiger partial charge on any atom is 0.243 e. The molecule has 5 heteroatoms. The molecule has 94 valence electrons. The van der Waals surface area contributed by atoms with Gasteiger partial charge in [-0.25, -0.2) is 9.13 Å². The van der Waals surface area contributed by atoms with Crippen molar-refractivity contribution in [3.05, 3.63) is 18.7 Å². The summed E-state index contributed by atoms with van der Waals surface area (Å²) in [7, 11) is 3.47. The summed E-state index contributed by atoms with van der Waals surface area (Å²) in [5.41, 5.74) is 0. The zero-order valence-electron chi connectivity index (χ0n) is 10.1. The molecule has 0 atom stereocenters. The smallest absolute Gasteiger partial charge is 0.243 e. The molecular weight excluding hydrogens is 208 g/mol. The molecule has 1 rings (SSSR count). The van der Waals surface area contributed by atoms with E-state index in [1.807, 2.05) is 0 Å². The number of ether oxygens (including phenoxy) is 2. The predicted molar refractivity (Wildman–Crippen MR) is 59.5 cm³/mol. The van der Waals surface area contributed by atoms with Gasteiger partial charge in [0.15, 0.2) is 0 Å². The summed E-state index contributed by atoms with van der Waals surface area (Å²) in [5, 5.41) is 0. The number of aromatic nitrogens is 2. The lowest BCUT2D eigenvalue weighted by Crippen LogP contribution is -2.31. The van der Waals surface area contributed by atoms with E-state index in [0.717, 1.165) is 39.1 Å². The van der Waals surface area contributed by atoms with Crippen LogP contribution in [0, 0.1) is 0 Å². The van der Waals surface area contributed by atoms with Gasteiger partial charge in [-0.2, -0.15) is 0 Å². The number of rotatable bonds is 8. The minimum Gasteiger partial charge on any atom is -0.870 e. The molecule has 0 saturated heterocycles. The standard InChI is InChI=1S/C11H21N2O2.H2O/c1-14-9-3-5-12-7-8-13(11-12)6-4-10-15-2;/h7-8,11H,3-6,9-10H2,1-2H3;1H2/q+1;/p-1. The Morgan fingerprint density at radius 3 is 2.50 bits per heavy atom. The number of aryl methyl sites for hydroxylation is 2. The molecule has 1 aromatic rings. The van der Waals surface area contributed by atoms with Gasteiger partial charge in [-0.3, -0.25) is 0 Å². The first-order chi connectivity index (χ1) is 7.36. The van der Waals surface area contributed by atoms with E-state index in [4.69, 9.17) is 9.47 Å². The summed E-state index contributed by atoms with van der Waals surface area (Å²) in [4.78, 5) is 0. The maximum atomic E-state index is 5.01. The monoisotopic (exact) mass is 230 g/mol. The van der Waals surface area contributed by atoms with Crippen LogP contribution in [-0.4, -0.2) is 37.5 Å². The largest absolute Gasteiger partial charge is 0.870 e. The molecule has 1 aromatic heterocycles. The highest BCUT2D eigenvalue weighted by atomic mass is 16.5. The lowest BCUT2D eigenvalue weighted by atomic mass is 10.4. The summed E-state index contributed by atoms with van der Waals surface area (Å²) in [6, 6.07) is 0. The molecule has 0 aliphatic carbocycles. The van der Waals surface area contributed by atoms with E-state index in [1.54, 1.807) is 14.2 Å². The predicted octanol–water partition coefficient (Wildman–Crippen LogP) is 0.672. The quantitative estimate of drug-likeness (QED) is 0.487. The van der Waals surface area contributed by atoms with Gasteiger partial charge in [0.2, 0.25) is 6.33 Å². The Bertz CT molecular complexity index is 239. The van der Waals surface area contributed by atoms with Crippen LogP contribution in [0.2, 0.25) is 0 Å². The van der Waals surface area contributed by atoms with Crippen LogP contribution in [0.15, 0.2) is 18.7 Å². The van der Waals surface area contributed by atoms with E-state index in [1.165, 1.54) is 0 Å². The minimum atomic E-state index is 0. The van der Waals surface area contributed by atoms with Gasteiger partial charge in [0, 0.05) is 40.3 Å². The Morgan fingerprint density at radius 1 is 1.12 bits per heavy atom. The Balaban J connectivity index is 0.00000225. The molecule has 0 saturated carbocycles. The highest BCUT2D eigenvalue weighted by Gasteiger charge is 2.02. The van der Waals surface area contributed by atoms with Crippen molar-refractivity contribution in [3.63, 3.8) is 0 Å². The maximum absolute atomic E-state index is 5.01. The van der Waals surface area contributed by atoms with Crippen LogP contribution < -0.4 is 4.57 Å². The normalized spacial score (nSPS) is 10.1. The van der Waals surface area contributed by atoms with Crippen LogP contribution in [-0.2, 0) is 22.6 Å². The second kappa shape index (κ2) is 9.33. The Labute approximate surface area is 96.9 Å². The van der Waals surface area contributed by atoms with Gasteiger partial charge in [0.05, 0.1) is 13.1 Å². The summed E-state index contributed by atoms with van der Waals surface area (Å²) >= 11 is 0. The van der Waals surface area contributed by atoms with Crippen molar-refractivity contribution in [3.8, 4) is 0 Å². The molecule has 16 heavy (non-hydrogen) atoms. The van der Waals surface area contributed by atoms with Crippen LogP contribution in [0.5, 0.6) is 0 Å². The summed E-state index contributed by atoms with van der Waals surface area (Å²) in [6.45, 7) is 3.68. The van der Waals surface area contributed by atoms with Crippen molar-refractivity contribution < 1.29 is 19.5 Å². The number of hydrogen-bond acceptors (Lipinski definition) is 3. The molecule has 0 amide bonds. The van der Waals surface area contributed by atoms with Crippen molar-refractivity contribution in [2.24, 2.45) is 0 Å².